The molecule has 428 valence electrons. The number of rotatable bonds is 56. The molecule has 0 aromatic rings. The maximum Gasteiger partial charge on any atom is 0.472 e. The van der Waals surface area contributed by atoms with Crippen LogP contribution < -0.4 is 5.32 Å². The minimum absolute atomic E-state index is 0.0332. The summed E-state index contributed by atoms with van der Waals surface area (Å²) in [5.74, 6) is -0.576. The average Bonchev–Trinajstić information content (AvgIpc) is 3.35. The summed E-state index contributed by atoms with van der Waals surface area (Å²) < 4.78 is 30.6. The molecule has 0 rings (SSSR count). The molecule has 0 spiro atoms. The van der Waals surface area contributed by atoms with E-state index >= 15 is 0 Å². The van der Waals surface area contributed by atoms with Crippen LogP contribution in [-0.2, 0) is 27.9 Å². The van der Waals surface area contributed by atoms with E-state index in [0.717, 1.165) is 51.4 Å². The fourth-order valence-electron chi connectivity index (χ4n) is 8.93. The molecule has 0 heterocycles. The number of hydrogen-bond donors (Lipinski definition) is 2. The van der Waals surface area contributed by atoms with Crippen molar-refractivity contribution in [1.82, 2.24) is 5.32 Å². The van der Waals surface area contributed by atoms with Crippen molar-refractivity contribution in [3.05, 3.63) is 48.6 Å². The summed E-state index contributed by atoms with van der Waals surface area (Å²) in [6.45, 7) is 6.99. The maximum absolute atomic E-state index is 13.5. The fourth-order valence-corrected chi connectivity index (χ4v) is 9.67. The van der Waals surface area contributed by atoms with Crippen LogP contribution in [0, 0.1) is 0 Å². The van der Waals surface area contributed by atoms with Crippen LogP contribution in [0.5, 0.6) is 0 Å². The Bertz CT molecular complexity index is 1390. The van der Waals surface area contributed by atoms with Crippen molar-refractivity contribution in [2.24, 2.45) is 0 Å². The molecular formula is C63H120N2O7P+. The van der Waals surface area contributed by atoms with Gasteiger partial charge in [0.05, 0.1) is 33.8 Å². The van der Waals surface area contributed by atoms with E-state index in [4.69, 9.17) is 13.8 Å². The summed E-state index contributed by atoms with van der Waals surface area (Å²) in [6, 6.07) is -0.869. The maximum atomic E-state index is 13.5. The zero-order valence-electron chi connectivity index (χ0n) is 48.9. The van der Waals surface area contributed by atoms with E-state index in [1.807, 2.05) is 39.4 Å². The van der Waals surface area contributed by atoms with Crippen LogP contribution in [0.1, 0.15) is 290 Å². The molecule has 2 N–H and O–H groups in total. The Balaban J connectivity index is 5.27. The molecule has 0 saturated carbocycles. The van der Waals surface area contributed by atoms with E-state index in [1.54, 1.807) is 0 Å². The number of allylic oxidation sites excluding steroid dienone is 7. The largest absolute Gasteiger partial charge is 0.472 e. The molecule has 0 fully saturated rings. The zero-order valence-corrected chi connectivity index (χ0v) is 49.8. The highest BCUT2D eigenvalue weighted by Crippen LogP contribution is 2.43. The molecule has 0 aliphatic heterocycles. The van der Waals surface area contributed by atoms with Gasteiger partial charge in [-0.25, -0.2) is 4.57 Å². The van der Waals surface area contributed by atoms with Crippen LogP contribution in [0.25, 0.3) is 0 Å². The van der Waals surface area contributed by atoms with Crippen LogP contribution in [0.2, 0.25) is 0 Å². The quantitative estimate of drug-likeness (QED) is 0.0205. The molecule has 0 saturated heterocycles. The summed E-state index contributed by atoms with van der Waals surface area (Å²) in [5, 5.41) is 3.04. The molecule has 10 heteroatoms. The van der Waals surface area contributed by atoms with Crippen molar-refractivity contribution in [2.45, 2.75) is 303 Å². The van der Waals surface area contributed by atoms with E-state index in [0.29, 0.717) is 23.9 Å². The second-order valence-electron chi connectivity index (χ2n) is 22.2. The van der Waals surface area contributed by atoms with Crippen molar-refractivity contribution in [1.29, 1.82) is 0 Å². The molecule has 0 bridgehead atoms. The van der Waals surface area contributed by atoms with Gasteiger partial charge in [0, 0.05) is 12.8 Å². The van der Waals surface area contributed by atoms with Gasteiger partial charge in [-0.1, -0.05) is 250 Å². The number of ether oxygens (including phenoxy) is 1. The number of esters is 1. The number of carbonyl (C=O) groups excluding carboxylic acids is 2. The first kappa shape index (κ1) is 71.0. The topological polar surface area (TPSA) is 111 Å². The van der Waals surface area contributed by atoms with Crippen molar-refractivity contribution in [2.75, 3.05) is 40.9 Å². The number of quaternary nitrogens is 1. The molecule has 0 aromatic carbocycles. The number of phosphoric acid groups is 1. The smallest absolute Gasteiger partial charge is 0.456 e. The number of phosphoric ester groups is 1. The van der Waals surface area contributed by atoms with E-state index in [1.165, 1.54) is 199 Å². The normalized spacial score (nSPS) is 14.0. The van der Waals surface area contributed by atoms with Crippen LogP contribution in [0.4, 0.5) is 0 Å². The van der Waals surface area contributed by atoms with Gasteiger partial charge >= 0.3 is 13.8 Å². The first-order valence-corrected chi connectivity index (χ1v) is 32.5. The Morgan fingerprint density at radius 2 is 0.849 bits per heavy atom. The number of hydrogen-bond acceptors (Lipinski definition) is 6. The lowest BCUT2D eigenvalue weighted by molar-refractivity contribution is -0.870. The van der Waals surface area contributed by atoms with Gasteiger partial charge < -0.3 is 19.4 Å². The van der Waals surface area contributed by atoms with Crippen molar-refractivity contribution < 1.29 is 37.3 Å². The summed E-state index contributed by atoms with van der Waals surface area (Å²) in [7, 11) is 1.48. The van der Waals surface area contributed by atoms with E-state index < -0.39 is 20.0 Å². The standard InChI is InChI=1S/C63H119N2O7P/c1-7-10-13-16-19-22-25-28-29-30-31-32-33-34-35-38-40-43-46-49-52-55-62(66)64-60(59-71-73(68,69)70-58-57-65(4,5)6)61(54-51-48-45-42-39-36-26-23-20-17-14-11-8-2)72-63(67)56-53-50-47-44-41-37-27-24-21-18-15-12-9-3/h28-29,37,41,47,50-51,54,60-61H,7-27,30-36,38-40,42-46,48-49,52-53,55-59H2,1-6H3,(H-,64,66,68,69)/p+1/b29-28+,41-37-,50-47+,54-51-. The molecule has 0 aliphatic rings. The number of unbranched alkanes of at least 4 members (excludes halogenated alkanes) is 34. The molecule has 9 nitrogen and oxygen atoms in total. The lowest BCUT2D eigenvalue weighted by Crippen LogP contribution is -2.47. The monoisotopic (exact) mass is 1050 g/mol. The van der Waals surface area contributed by atoms with Gasteiger partial charge in [0.2, 0.25) is 5.91 Å². The molecule has 0 aromatic heterocycles. The number of nitrogens with zero attached hydrogens (tertiary/aromatic N) is 1. The van der Waals surface area contributed by atoms with Gasteiger partial charge in [0.15, 0.2) is 0 Å². The average molecular weight is 1050 g/mol. The predicted molar refractivity (Wildman–Crippen MR) is 314 cm³/mol. The number of amides is 1. The van der Waals surface area contributed by atoms with Gasteiger partial charge in [0.25, 0.3) is 0 Å². The summed E-state index contributed by atoms with van der Waals surface area (Å²) >= 11 is 0. The van der Waals surface area contributed by atoms with Gasteiger partial charge in [-0.15, -0.1) is 0 Å². The van der Waals surface area contributed by atoms with E-state index in [-0.39, 0.29) is 31.5 Å². The summed E-state index contributed by atoms with van der Waals surface area (Å²) in [4.78, 5) is 37.6. The lowest BCUT2D eigenvalue weighted by Gasteiger charge is -2.27. The van der Waals surface area contributed by atoms with Crippen LogP contribution >= 0.6 is 7.82 Å². The minimum atomic E-state index is -4.46. The van der Waals surface area contributed by atoms with Gasteiger partial charge in [-0.2, -0.15) is 0 Å². The Morgan fingerprint density at radius 3 is 1.27 bits per heavy atom. The SMILES string of the molecule is CCCCCCCC/C=C\C/C=C/CCC(=O)OC(/C=C\CCCCCCCCCCCCC)C(COP(=O)(O)OCC[N+](C)(C)C)NC(=O)CCCCCCCCCCCCC/C=C/CCCCCCCC. The minimum Gasteiger partial charge on any atom is -0.456 e. The van der Waals surface area contributed by atoms with E-state index in [9.17, 15) is 19.0 Å². The van der Waals surface area contributed by atoms with Crippen LogP contribution in [0.3, 0.4) is 0 Å². The molecule has 0 radical (unpaired) electrons. The second kappa shape index (κ2) is 53.4. The van der Waals surface area contributed by atoms with Crippen molar-refractivity contribution in [3.63, 3.8) is 0 Å². The van der Waals surface area contributed by atoms with E-state index in [2.05, 4.69) is 56.5 Å². The third-order valence-electron chi connectivity index (χ3n) is 13.8. The molecule has 3 unspecified atom stereocenters. The number of nitrogens with one attached hydrogen (secondary N) is 1. The lowest BCUT2D eigenvalue weighted by atomic mass is 10.0. The third kappa shape index (κ3) is 54.6. The molecule has 3 atom stereocenters. The Morgan fingerprint density at radius 1 is 0.479 bits per heavy atom. The highest BCUT2D eigenvalue weighted by atomic mass is 31.2. The summed E-state index contributed by atoms with van der Waals surface area (Å²) in [5.41, 5.74) is 0. The van der Waals surface area contributed by atoms with Gasteiger partial charge in [-0.05, 0) is 76.7 Å². The fraction of sp³-hybridized carbons (Fsp3) is 0.841. The summed E-state index contributed by atoms with van der Waals surface area (Å²) in [6.07, 6.45) is 65.5. The zero-order chi connectivity index (χ0) is 53.6. The van der Waals surface area contributed by atoms with Crippen LogP contribution in [0.15, 0.2) is 48.6 Å². The molecule has 73 heavy (non-hydrogen) atoms. The number of carbonyl (C=O) groups is 2. The molecular weight excluding hydrogens is 928 g/mol. The highest BCUT2D eigenvalue weighted by molar-refractivity contribution is 7.47. The highest BCUT2D eigenvalue weighted by Gasteiger charge is 2.30. The number of likely N-dealkylation sites (N-methyl/N-ethyl adjacent to an activating group) is 1. The predicted octanol–water partition coefficient (Wildman–Crippen LogP) is 18.9. The van der Waals surface area contributed by atoms with Crippen molar-refractivity contribution in [3.8, 4) is 0 Å². The second-order valence-corrected chi connectivity index (χ2v) is 23.7. The first-order valence-electron chi connectivity index (χ1n) is 31.0. The van der Waals surface area contributed by atoms with Crippen molar-refractivity contribution >= 4 is 19.7 Å². The molecule has 0 aliphatic carbocycles. The van der Waals surface area contributed by atoms with Gasteiger partial charge in [0.1, 0.15) is 19.3 Å². The van der Waals surface area contributed by atoms with Gasteiger partial charge in [-0.3, -0.25) is 18.6 Å². The Labute approximate surface area is 452 Å². The van der Waals surface area contributed by atoms with Crippen LogP contribution in [-0.4, -0.2) is 74.3 Å². The Hall–Kier alpha value is -2.03. The third-order valence-corrected chi connectivity index (χ3v) is 14.7. The molecule has 1 amide bonds. The Kier molecular flexibility index (Phi) is 51.9. The first-order chi connectivity index (χ1) is 35.4.